The minimum Gasteiger partial charge on any atom is -0.310 e. The Kier molecular flexibility index (Phi) is 2.88. The molecule has 2 amide bonds. The molecule has 2 atom stereocenters. The number of hydrogen-bond donors (Lipinski definition) is 1. The zero-order valence-electron chi connectivity index (χ0n) is 10.4. The number of urea groups is 1. The van der Waals surface area contributed by atoms with Crippen molar-refractivity contribution in [3.63, 3.8) is 0 Å². The zero-order chi connectivity index (χ0) is 14.5. The third-order valence-corrected chi connectivity index (χ3v) is 3.67. The second kappa shape index (κ2) is 4.36. The molecule has 0 radical (unpaired) electrons. The van der Waals surface area contributed by atoms with Crippen LogP contribution >= 0.6 is 0 Å². The standard InChI is InChI=1S/C8H12N6O5S/c1-12-10-7(9-11-12)6-3-2-5-4-13(6)8(15)14(5)19-20(16,17)18/h5-6H,2-4H2,1H3,(H,16,17,18)/t5-,6+/m0/s1. The molecule has 110 valence electrons. The number of tetrazole rings is 1. The summed E-state index contributed by atoms with van der Waals surface area (Å²) in [5, 5.41) is 12.3. The lowest BCUT2D eigenvalue weighted by molar-refractivity contribution is -0.0317. The number of hydroxylamine groups is 2. The number of aryl methyl sites for hydroxylation is 1. The van der Waals surface area contributed by atoms with Crippen molar-refractivity contribution in [2.45, 2.75) is 24.9 Å². The van der Waals surface area contributed by atoms with Crippen molar-refractivity contribution in [3.05, 3.63) is 5.82 Å². The summed E-state index contributed by atoms with van der Waals surface area (Å²) < 4.78 is 34.5. The van der Waals surface area contributed by atoms with Gasteiger partial charge in [0.05, 0.1) is 19.1 Å². The number of carbonyl (C=O) groups excluding carboxylic acids is 1. The van der Waals surface area contributed by atoms with Crippen LogP contribution in [0.4, 0.5) is 4.79 Å². The minimum atomic E-state index is -4.73. The molecule has 0 aliphatic carbocycles. The van der Waals surface area contributed by atoms with Gasteiger partial charge in [0.15, 0.2) is 5.82 Å². The fraction of sp³-hybridized carbons (Fsp3) is 0.750. The molecule has 2 bridgehead atoms. The van der Waals surface area contributed by atoms with Crippen LogP contribution in [0.1, 0.15) is 24.7 Å². The van der Waals surface area contributed by atoms with Crippen molar-refractivity contribution < 1.29 is 22.0 Å². The molecule has 12 heteroatoms. The fourth-order valence-corrected chi connectivity index (χ4v) is 2.92. The van der Waals surface area contributed by atoms with Gasteiger partial charge in [-0.15, -0.1) is 14.5 Å². The Balaban J connectivity index is 1.84. The first-order chi connectivity index (χ1) is 9.35. The fourth-order valence-electron chi connectivity index (χ4n) is 2.53. The molecule has 20 heavy (non-hydrogen) atoms. The molecule has 0 unspecified atom stereocenters. The first-order valence-electron chi connectivity index (χ1n) is 5.86. The molecule has 2 fully saturated rings. The molecule has 11 nitrogen and oxygen atoms in total. The van der Waals surface area contributed by atoms with E-state index >= 15 is 0 Å². The van der Waals surface area contributed by atoms with Crippen molar-refractivity contribution in [3.8, 4) is 0 Å². The summed E-state index contributed by atoms with van der Waals surface area (Å²) in [6, 6.07) is -1.43. The molecule has 1 aromatic heterocycles. The quantitative estimate of drug-likeness (QED) is 0.695. The maximum Gasteiger partial charge on any atom is 0.418 e. The van der Waals surface area contributed by atoms with Crippen LogP contribution in [0.2, 0.25) is 0 Å². The van der Waals surface area contributed by atoms with Crippen molar-refractivity contribution in [2.75, 3.05) is 6.54 Å². The largest absolute Gasteiger partial charge is 0.418 e. The number of hydrogen-bond acceptors (Lipinski definition) is 7. The Morgan fingerprint density at radius 2 is 2.15 bits per heavy atom. The molecule has 2 saturated heterocycles. The summed E-state index contributed by atoms with van der Waals surface area (Å²) in [4.78, 5) is 14.8. The smallest absolute Gasteiger partial charge is 0.310 e. The topological polar surface area (TPSA) is 131 Å². The van der Waals surface area contributed by atoms with Gasteiger partial charge in [-0.2, -0.15) is 18.3 Å². The van der Waals surface area contributed by atoms with E-state index in [1.54, 1.807) is 7.05 Å². The monoisotopic (exact) mass is 304 g/mol. The van der Waals surface area contributed by atoms with Crippen LogP contribution in [0.25, 0.3) is 0 Å². The summed E-state index contributed by atoms with van der Waals surface area (Å²) in [5.74, 6) is 0.396. The number of piperidine rings is 1. The van der Waals surface area contributed by atoms with E-state index in [1.165, 1.54) is 9.70 Å². The predicted molar refractivity (Wildman–Crippen MR) is 61.1 cm³/mol. The van der Waals surface area contributed by atoms with Crippen LogP contribution in [0.15, 0.2) is 0 Å². The molecule has 3 heterocycles. The summed E-state index contributed by atoms with van der Waals surface area (Å²) in [6.45, 7) is 0.289. The van der Waals surface area contributed by atoms with Gasteiger partial charge in [0.2, 0.25) is 0 Å². The Hall–Kier alpha value is -1.79. The van der Waals surface area contributed by atoms with Gasteiger partial charge in [-0.1, -0.05) is 0 Å². The van der Waals surface area contributed by atoms with Gasteiger partial charge in [0.1, 0.15) is 0 Å². The Morgan fingerprint density at radius 3 is 2.75 bits per heavy atom. The van der Waals surface area contributed by atoms with Crippen LogP contribution in [0.5, 0.6) is 0 Å². The van der Waals surface area contributed by atoms with Gasteiger partial charge < -0.3 is 4.90 Å². The van der Waals surface area contributed by atoms with Gasteiger partial charge in [0.25, 0.3) is 0 Å². The van der Waals surface area contributed by atoms with Crippen LogP contribution < -0.4 is 0 Å². The van der Waals surface area contributed by atoms with Crippen LogP contribution in [-0.4, -0.2) is 61.8 Å². The molecule has 1 aromatic rings. The predicted octanol–water partition coefficient (Wildman–Crippen LogP) is -1.11. The zero-order valence-corrected chi connectivity index (χ0v) is 11.3. The van der Waals surface area contributed by atoms with Gasteiger partial charge in [0, 0.05) is 6.54 Å². The molecule has 2 aliphatic rings. The van der Waals surface area contributed by atoms with E-state index in [1.807, 2.05) is 0 Å². The summed E-state index contributed by atoms with van der Waals surface area (Å²) in [6.07, 6.45) is 1.08. The van der Waals surface area contributed by atoms with E-state index in [2.05, 4.69) is 19.7 Å². The molecular weight excluding hydrogens is 292 g/mol. The van der Waals surface area contributed by atoms with Crippen LogP contribution in [0.3, 0.4) is 0 Å². The van der Waals surface area contributed by atoms with Gasteiger partial charge >= 0.3 is 16.4 Å². The first kappa shape index (κ1) is 13.2. The van der Waals surface area contributed by atoms with E-state index in [9.17, 15) is 13.2 Å². The highest BCUT2D eigenvalue weighted by Crippen LogP contribution is 2.37. The van der Waals surface area contributed by atoms with Crippen molar-refractivity contribution >= 4 is 16.4 Å². The molecule has 0 aromatic carbocycles. The summed E-state index contributed by atoms with van der Waals surface area (Å²) in [5.41, 5.74) is 0. The third-order valence-electron chi connectivity index (χ3n) is 3.32. The molecule has 1 N–H and O–H groups in total. The number of rotatable bonds is 3. The lowest BCUT2D eigenvalue weighted by Gasteiger charge is -2.27. The molecule has 2 aliphatic heterocycles. The third kappa shape index (κ3) is 2.21. The molecule has 0 saturated carbocycles. The maximum absolute atomic E-state index is 12.1. The van der Waals surface area contributed by atoms with Gasteiger partial charge in [-0.3, -0.25) is 4.55 Å². The molecule has 3 rings (SSSR count). The van der Waals surface area contributed by atoms with Crippen LogP contribution in [0, 0.1) is 0 Å². The highest BCUT2D eigenvalue weighted by molar-refractivity contribution is 7.80. The lowest BCUT2D eigenvalue weighted by atomic mass is 10.0. The number of carbonyl (C=O) groups is 1. The Morgan fingerprint density at radius 1 is 1.40 bits per heavy atom. The van der Waals surface area contributed by atoms with Crippen molar-refractivity contribution in [1.82, 2.24) is 30.2 Å². The van der Waals surface area contributed by atoms with E-state index in [0.29, 0.717) is 23.7 Å². The summed E-state index contributed by atoms with van der Waals surface area (Å²) in [7, 11) is -3.11. The second-order valence-electron chi connectivity index (χ2n) is 4.65. The Bertz CT molecular complexity index is 644. The highest BCUT2D eigenvalue weighted by atomic mass is 32.3. The maximum atomic E-state index is 12.1. The van der Waals surface area contributed by atoms with Crippen molar-refractivity contribution in [1.29, 1.82) is 0 Å². The second-order valence-corrected chi connectivity index (χ2v) is 5.65. The van der Waals surface area contributed by atoms with Gasteiger partial charge in [-0.05, 0) is 18.1 Å². The van der Waals surface area contributed by atoms with E-state index in [-0.39, 0.29) is 12.6 Å². The first-order valence-corrected chi connectivity index (χ1v) is 7.22. The molecule has 0 spiro atoms. The number of aromatic nitrogens is 4. The van der Waals surface area contributed by atoms with Crippen LogP contribution in [-0.2, 0) is 21.7 Å². The average Bonchev–Trinajstić information content (AvgIpc) is 2.88. The van der Waals surface area contributed by atoms with E-state index in [4.69, 9.17) is 4.55 Å². The normalized spacial score (nSPS) is 26.4. The van der Waals surface area contributed by atoms with Crippen molar-refractivity contribution in [2.24, 2.45) is 7.05 Å². The molecular formula is C8H12N6O5S. The number of amides is 2. The lowest BCUT2D eigenvalue weighted by Crippen LogP contribution is -2.35. The number of fused-ring (bicyclic) bond motifs is 2. The Labute approximate surface area is 114 Å². The highest BCUT2D eigenvalue weighted by Gasteiger charge is 2.48. The van der Waals surface area contributed by atoms with E-state index in [0.717, 1.165) is 0 Å². The summed E-state index contributed by atoms with van der Waals surface area (Å²) >= 11 is 0. The minimum absolute atomic E-state index is 0.289. The SMILES string of the molecule is Cn1nnc([C@H]2CC[C@H]3CN2C(=O)N3OS(=O)(=O)O)n1. The van der Waals surface area contributed by atoms with Gasteiger partial charge in [-0.25, -0.2) is 4.79 Å². The number of nitrogens with zero attached hydrogens (tertiary/aromatic N) is 6. The average molecular weight is 304 g/mol. The van der Waals surface area contributed by atoms with E-state index < -0.39 is 22.5 Å².